The number of nitrogens with zero attached hydrogens (tertiary/aromatic N) is 2. The van der Waals surface area contributed by atoms with E-state index in [1.165, 1.54) is 6.33 Å². The van der Waals surface area contributed by atoms with Crippen molar-refractivity contribution >= 4 is 5.91 Å². The van der Waals surface area contributed by atoms with Crippen molar-refractivity contribution in [2.24, 2.45) is 0 Å². The summed E-state index contributed by atoms with van der Waals surface area (Å²) in [6.07, 6.45) is 2.47. The van der Waals surface area contributed by atoms with Crippen molar-refractivity contribution in [3.8, 4) is 0 Å². The van der Waals surface area contributed by atoms with Crippen LogP contribution in [-0.4, -0.2) is 27.6 Å². The van der Waals surface area contributed by atoms with Gasteiger partial charge in [-0.15, -0.1) is 0 Å². The Labute approximate surface area is 112 Å². The van der Waals surface area contributed by atoms with Crippen LogP contribution in [0.4, 0.5) is 13.2 Å². The average molecular weight is 284 g/mol. The van der Waals surface area contributed by atoms with Gasteiger partial charge >= 0.3 is 0 Å². The largest absolute Gasteiger partial charge is 0.352 e. The van der Waals surface area contributed by atoms with Crippen LogP contribution in [0.3, 0.4) is 0 Å². The van der Waals surface area contributed by atoms with Gasteiger partial charge in [-0.25, -0.2) is 18.2 Å². The zero-order chi connectivity index (χ0) is 14.5. The molecule has 0 aliphatic carbocycles. The first kappa shape index (κ1) is 14.0. The molecule has 1 aromatic carbocycles. The molecule has 0 fully saturated rings. The second-order valence-corrected chi connectivity index (χ2v) is 4.01. The van der Waals surface area contributed by atoms with Crippen LogP contribution in [0.5, 0.6) is 0 Å². The van der Waals surface area contributed by atoms with Gasteiger partial charge in [0.05, 0.1) is 5.56 Å². The van der Waals surface area contributed by atoms with Crippen molar-refractivity contribution in [1.82, 2.24) is 20.5 Å². The first-order valence-electron chi connectivity index (χ1n) is 5.85. The van der Waals surface area contributed by atoms with E-state index in [1.807, 2.05) is 0 Å². The molecule has 0 bridgehead atoms. The molecule has 8 heteroatoms. The van der Waals surface area contributed by atoms with E-state index in [-0.39, 0.29) is 6.54 Å². The summed E-state index contributed by atoms with van der Waals surface area (Å²) < 4.78 is 39.0. The number of H-pyrrole nitrogens is 1. The summed E-state index contributed by atoms with van der Waals surface area (Å²) >= 11 is 0. The predicted octanol–water partition coefficient (Wildman–Crippen LogP) is 1.58. The number of carbonyl (C=O) groups excluding carboxylic acids is 1. The highest BCUT2D eigenvalue weighted by Crippen LogP contribution is 2.14. The lowest BCUT2D eigenvalue weighted by Gasteiger charge is -2.06. The van der Waals surface area contributed by atoms with E-state index >= 15 is 0 Å². The summed E-state index contributed by atoms with van der Waals surface area (Å²) in [4.78, 5) is 15.5. The molecule has 1 heterocycles. The summed E-state index contributed by atoms with van der Waals surface area (Å²) in [5, 5.41) is 8.74. The van der Waals surface area contributed by atoms with E-state index in [2.05, 4.69) is 20.5 Å². The lowest BCUT2D eigenvalue weighted by atomic mass is 10.2. The number of hydrogen-bond acceptors (Lipinski definition) is 3. The van der Waals surface area contributed by atoms with E-state index in [0.717, 1.165) is 6.07 Å². The second-order valence-electron chi connectivity index (χ2n) is 4.01. The standard InChI is InChI=1S/C12H11F3N4O/c13-8-4-3-7(10(14)11(8)15)12(20)16-5-1-2-9-17-6-18-19-9/h3-4,6H,1-2,5H2,(H,16,20)(H,17,18,19). The van der Waals surface area contributed by atoms with Crippen LogP contribution in [-0.2, 0) is 6.42 Å². The molecule has 2 aromatic rings. The maximum atomic E-state index is 13.3. The van der Waals surface area contributed by atoms with Crippen molar-refractivity contribution in [3.05, 3.63) is 47.3 Å². The van der Waals surface area contributed by atoms with Crippen molar-refractivity contribution in [3.63, 3.8) is 0 Å². The van der Waals surface area contributed by atoms with Gasteiger partial charge in [0.25, 0.3) is 5.91 Å². The van der Waals surface area contributed by atoms with Crippen LogP contribution < -0.4 is 5.32 Å². The van der Waals surface area contributed by atoms with Crippen molar-refractivity contribution in [2.45, 2.75) is 12.8 Å². The molecule has 0 aliphatic heterocycles. The number of carbonyl (C=O) groups is 1. The highest BCUT2D eigenvalue weighted by Gasteiger charge is 2.18. The van der Waals surface area contributed by atoms with Gasteiger partial charge in [-0.05, 0) is 18.6 Å². The highest BCUT2D eigenvalue weighted by atomic mass is 19.2. The molecule has 0 spiro atoms. The van der Waals surface area contributed by atoms with Crippen molar-refractivity contribution in [2.75, 3.05) is 6.54 Å². The fraction of sp³-hybridized carbons (Fsp3) is 0.250. The van der Waals surface area contributed by atoms with Crippen LogP contribution in [0.1, 0.15) is 22.6 Å². The number of benzene rings is 1. The van der Waals surface area contributed by atoms with E-state index in [9.17, 15) is 18.0 Å². The molecule has 0 saturated heterocycles. The van der Waals surface area contributed by atoms with Crippen molar-refractivity contribution in [1.29, 1.82) is 0 Å². The van der Waals surface area contributed by atoms with Gasteiger partial charge < -0.3 is 5.32 Å². The summed E-state index contributed by atoms with van der Waals surface area (Å²) in [6, 6.07) is 1.61. The van der Waals surface area contributed by atoms with Crippen LogP contribution in [0.15, 0.2) is 18.5 Å². The molecule has 1 aromatic heterocycles. The number of nitrogens with one attached hydrogen (secondary N) is 2. The van der Waals surface area contributed by atoms with E-state index in [0.29, 0.717) is 24.7 Å². The second kappa shape index (κ2) is 6.18. The zero-order valence-electron chi connectivity index (χ0n) is 10.3. The SMILES string of the molecule is O=C(NCCCc1ncn[nH]1)c1ccc(F)c(F)c1F. The predicted molar refractivity (Wildman–Crippen MR) is 63.4 cm³/mol. The lowest BCUT2D eigenvalue weighted by Crippen LogP contribution is -2.26. The molecule has 106 valence electrons. The number of halogens is 3. The maximum Gasteiger partial charge on any atom is 0.254 e. The topological polar surface area (TPSA) is 70.7 Å². The van der Waals surface area contributed by atoms with Crippen LogP contribution >= 0.6 is 0 Å². The smallest absolute Gasteiger partial charge is 0.254 e. The van der Waals surface area contributed by atoms with Crippen molar-refractivity contribution < 1.29 is 18.0 Å². The van der Waals surface area contributed by atoms with E-state index < -0.39 is 28.9 Å². The van der Waals surface area contributed by atoms with Gasteiger partial charge in [0, 0.05) is 13.0 Å². The minimum absolute atomic E-state index is 0.248. The average Bonchev–Trinajstić information content (AvgIpc) is 2.94. The Morgan fingerprint density at radius 2 is 2.05 bits per heavy atom. The normalized spacial score (nSPS) is 10.6. The number of aromatic amines is 1. The molecule has 1 amide bonds. The Morgan fingerprint density at radius 1 is 1.25 bits per heavy atom. The van der Waals surface area contributed by atoms with E-state index in [4.69, 9.17) is 0 Å². The van der Waals surface area contributed by atoms with Crippen LogP contribution in [0.25, 0.3) is 0 Å². The number of rotatable bonds is 5. The summed E-state index contributed by atoms with van der Waals surface area (Å²) in [7, 11) is 0. The van der Waals surface area contributed by atoms with Gasteiger partial charge in [-0.2, -0.15) is 5.10 Å². The van der Waals surface area contributed by atoms with Gasteiger partial charge in [-0.1, -0.05) is 0 Å². The summed E-state index contributed by atoms with van der Waals surface area (Å²) in [5.74, 6) is -4.60. The van der Waals surface area contributed by atoms with Crippen LogP contribution in [0, 0.1) is 17.5 Å². The first-order valence-corrected chi connectivity index (χ1v) is 5.85. The Hall–Kier alpha value is -2.38. The van der Waals surface area contributed by atoms with Gasteiger partial charge in [0.2, 0.25) is 0 Å². The lowest BCUT2D eigenvalue weighted by molar-refractivity contribution is 0.0948. The molecule has 0 aliphatic rings. The Morgan fingerprint density at radius 3 is 2.75 bits per heavy atom. The molecule has 20 heavy (non-hydrogen) atoms. The Bertz CT molecular complexity index is 601. The third kappa shape index (κ3) is 3.14. The molecule has 2 rings (SSSR count). The highest BCUT2D eigenvalue weighted by molar-refractivity contribution is 5.94. The Kier molecular flexibility index (Phi) is 4.34. The monoisotopic (exact) mass is 284 g/mol. The Balaban J connectivity index is 1.87. The molecule has 0 saturated carbocycles. The first-order chi connectivity index (χ1) is 9.59. The molecule has 0 radical (unpaired) electrons. The molecule has 0 unspecified atom stereocenters. The number of aromatic nitrogens is 3. The van der Waals surface area contributed by atoms with Crippen LogP contribution in [0.2, 0.25) is 0 Å². The fourth-order valence-corrected chi connectivity index (χ4v) is 1.61. The molecule has 5 nitrogen and oxygen atoms in total. The van der Waals surface area contributed by atoms with Gasteiger partial charge in [0.15, 0.2) is 17.5 Å². The fourth-order valence-electron chi connectivity index (χ4n) is 1.61. The number of aryl methyl sites for hydroxylation is 1. The maximum absolute atomic E-state index is 13.3. The summed E-state index contributed by atoms with van der Waals surface area (Å²) in [5.41, 5.74) is -0.524. The number of amides is 1. The minimum atomic E-state index is -1.65. The molecular weight excluding hydrogens is 273 g/mol. The summed E-state index contributed by atoms with van der Waals surface area (Å²) in [6.45, 7) is 0.248. The molecular formula is C12H11F3N4O. The third-order valence-corrected chi connectivity index (χ3v) is 2.62. The number of hydrogen-bond donors (Lipinski definition) is 2. The van der Waals surface area contributed by atoms with Gasteiger partial charge in [0.1, 0.15) is 12.2 Å². The molecule has 2 N–H and O–H groups in total. The minimum Gasteiger partial charge on any atom is -0.352 e. The zero-order valence-corrected chi connectivity index (χ0v) is 10.3. The van der Waals surface area contributed by atoms with E-state index in [1.54, 1.807) is 0 Å². The third-order valence-electron chi connectivity index (χ3n) is 2.62. The molecule has 0 atom stereocenters. The quantitative estimate of drug-likeness (QED) is 0.647. The van der Waals surface area contributed by atoms with Gasteiger partial charge in [-0.3, -0.25) is 9.89 Å².